The lowest BCUT2D eigenvalue weighted by Crippen LogP contribution is -1.97. The summed E-state index contributed by atoms with van der Waals surface area (Å²) in [7, 11) is 1.41. The summed E-state index contributed by atoms with van der Waals surface area (Å²) < 4.78 is 10.6. The van der Waals surface area contributed by atoms with E-state index in [1.807, 2.05) is 0 Å². The van der Waals surface area contributed by atoms with Crippen molar-refractivity contribution >= 4 is 39.7 Å². The fourth-order valence-electron chi connectivity index (χ4n) is 1.53. The van der Waals surface area contributed by atoms with E-state index in [4.69, 9.17) is 9.15 Å². The highest BCUT2D eigenvalue weighted by molar-refractivity contribution is 9.10. The van der Waals surface area contributed by atoms with Crippen molar-refractivity contribution in [3.05, 3.63) is 33.0 Å². The van der Waals surface area contributed by atoms with Crippen molar-refractivity contribution in [3.8, 4) is 11.5 Å². The van der Waals surface area contributed by atoms with Gasteiger partial charge in [-0.3, -0.25) is 0 Å². The number of thioether (sulfide) groups is 1. The lowest BCUT2D eigenvalue weighted by Gasteiger charge is -2.07. The first-order chi connectivity index (χ1) is 10.4. The molecule has 0 spiro atoms. The molecule has 22 heavy (non-hydrogen) atoms. The van der Waals surface area contributed by atoms with Crippen molar-refractivity contribution in [2.24, 2.45) is 0 Å². The Morgan fingerprint density at radius 3 is 2.73 bits per heavy atom. The highest BCUT2D eigenvalue weighted by Gasteiger charge is 2.15. The standard InChI is InChI=1S/C13H11BrN2O5S/c1-6-15-16-13(21-6)22-10(12(18)19)5-7-3-8(14)11(17)9(4-7)20-2/h3-5,17H,1-2H3,(H,18,19)/b10-5+. The van der Waals surface area contributed by atoms with E-state index in [-0.39, 0.29) is 21.6 Å². The lowest BCUT2D eigenvalue weighted by atomic mass is 10.2. The van der Waals surface area contributed by atoms with Gasteiger partial charge >= 0.3 is 5.97 Å². The predicted molar refractivity (Wildman–Crippen MR) is 82.9 cm³/mol. The summed E-state index contributed by atoms with van der Waals surface area (Å²) in [6.45, 7) is 1.61. The second-order valence-electron chi connectivity index (χ2n) is 4.06. The summed E-state index contributed by atoms with van der Waals surface area (Å²) in [5.41, 5.74) is 0.530. The molecule has 2 aromatic rings. The number of phenolic OH excluding ortho intramolecular Hbond substituents is 1. The number of carboxylic acids is 1. The summed E-state index contributed by atoms with van der Waals surface area (Å²) in [6, 6.07) is 3.09. The summed E-state index contributed by atoms with van der Waals surface area (Å²) in [5, 5.41) is 26.6. The van der Waals surface area contributed by atoms with Gasteiger partial charge in [-0.1, -0.05) is 0 Å². The van der Waals surface area contributed by atoms with Gasteiger partial charge in [-0.2, -0.15) is 0 Å². The minimum Gasteiger partial charge on any atom is -0.503 e. The average molecular weight is 387 g/mol. The van der Waals surface area contributed by atoms with E-state index in [1.165, 1.54) is 19.3 Å². The molecular formula is C13H11BrN2O5S. The van der Waals surface area contributed by atoms with Gasteiger partial charge in [0.05, 0.1) is 11.6 Å². The number of carbonyl (C=O) groups is 1. The van der Waals surface area contributed by atoms with E-state index in [0.717, 1.165) is 11.8 Å². The van der Waals surface area contributed by atoms with Crippen LogP contribution >= 0.6 is 27.7 Å². The third kappa shape index (κ3) is 3.80. The molecule has 9 heteroatoms. The highest BCUT2D eigenvalue weighted by atomic mass is 79.9. The van der Waals surface area contributed by atoms with Crippen molar-refractivity contribution in [3.63, 3.8) is 0 Å². The molecule has 0 radical (unpaired) electrons. The molecule has 0 atom stereocenters. The summed E-state index contributed by atoms with van der Waals surface area (Å²) in [4.78, 5) is 11.3. The molecule has 0 aliphatic heterocycles. The van der Waals surface area contributed by atoms with Gasteiger partial charge in [-0.25, -0.2) is 4.79 Å². The third-order valence-corrected chi connectivity index (χ3v) is 3.94. The number of nitrogens with zero attached hydrogens (tertiary/aromatic N) is 2. The van der Waals surface area contributed by atoms with Gasteiger partial charge in [0, 0.05) is 6.92 Å². The number of methoxy groups -OCH3 is 1. The molecule has 0 saturated heterocycles. The van der Waals surface area contributed by atoms with Gasteiger partial charge in [-0.15, -0.1) is 10.2 Å². The van der Waals surface area contributed by atoms with Crippen LogP contribution in [0.25, 0.3) is 6.08 Å². The van der Waals surface area contributed by atoms with E-state index in [9.17, 15) is 15.0 Å². The van der Waals surface area contributed by atoms with Crippen LogP contribution in [0.1, 0.15) is 11.5 Å². The molecule has 0 amide bonds. The number of benzene rings is 1. The van der Waals surface area contributed by atoms with Crippen LogP contribution in [-0.2, 0) is 4.79 Å². The Bertz CT molecular complexity index is 744. The Morgan fingerprint density at radius 1 is 1.45 bits per heavy atom. The van der Waals surface area contributed by atoms with Crippen molar-refractivity contribution in [1.29, 1.82) is 0 Å². The van der Waals surface area contributed by atoms with Gasteiger partial charge in [0.2, 0.25) is 5.89 Å². The maximum Gasteiger partial charge on any atom is 0.342 e. The molecule has 0 saturated carbocycles. The van der Waals surface area contributed by atoms with E-state index in [0.29, 0.717) is 15.9 Å². The molecular weight excluding hydrogens is 376 g/mol. The molecule has 0 fully saturated rings. The number of aromatic hydroxyl groups is 1. The van der Waals surface area contributed by atoms with Gasteiger partial charge in [0.25, 0.3) is 5.22 Å². The van der Waals surface area contributed by atoms with Gasteiger partial charge in [-0.05, 0) is 51.5 Å². The van der Waals surface area contributed by atoms with E-state index >= 15 is 0 Å². The van der Waals surface area contributed by atoms with Crippen LogP contribution in [-0.4, -0.2) is 33.5 Å². The minimum absolute atomic E-state index is 0.0108. The Kier molecular flexibility index (Phi) is 5.09. The smallest absolute Gasteiger partial charge is 0.342 e. The van der Waals surface area contributed by atoms with Gasteiger partial charge in [0.15, 0.2) is 11.5 Å². The zero-order valence-electron chi connectivity index (χ0n) is 11.5. The predicted octanol–water partition coefficient (Wildman–Crippen LogP) is 3.07. The van der Waals surface area contributed by atoms with Crippen LogP contribution in [0, 0.1) is 6.92 Å². The van der Waals surface area contributed by atoms with Crippen molar-refractivity contribution in [2.45, 2.75) is 12.1 Å². The Hall–Kier alpha value is -2.00. The molecule has 1 heterocycles. The maximum absolute atomic E-state index is 11.4. The van der Waals surface area contributed by atoms with Crippen molar-refractivity contribution < 1.29 is 24.2 Å². The summed E-state index contributed by atoms with van der Waals surface area (Å²) in [5.74, 6) is -0.619. The number of halogens is 1. The number of carboxylic acid groups (broad SMARTS) is 1. The molecule has 0 aliphatic carbocycles. The Balaban J connectivity index is 2.38. The molecule has 7 nitrogen and oxygen atoms in total. The molecule has 0 bridgehead atoms. The highest BCUT2D eigenvalue weighted by Crippen LogP contribution is 2.36. The molecule has 2 N–H and O–H groups in total. The van der Waals surface area contributed by atoms with Crippen LogP contribution in [0.4, 0.5) is 0 Å². The van der Waals surface area contributed by atoms with Crippen LogP contribution < -0.4 is 4.74 Å². The number of ether oxygens (including phenoxy) is 1. The van der Waals surface area contributed by atoms with Crippen LogP contribution in [0.15, 0.2) is 31.2 Å². The number of aryl methyl sites for hydroxylation is 1. The van der Waals surface area contributed by atoms with Crippen LogP contribution in [0.5, 0.6) is 11.5 Å². The minimum atomic E-state index is -1.14. The first-order valence-electron chi connectivity index (χ1n) is 5.90. The van der Waals surface area contributed by atoms with Crippen molar-refractivity contribution in [2.75, 3.05) is 7.11 Å². The molecule has 1 aromatic heterocycles. The number of hydrogen-bond acceptors (Lipinski definition) is 7. The average Bonchev–Trinajstić information content (AvgIpc) is 2.87. The third-order valence-electron chi connectivity index (χ3n) is 2.48. The fourth-order valence-corrected chi connectivity index (χ4v) is 2.71. The zero-order valence-corrected chi connectivity index (χ0v) is 13.9. The number of aromatic nitrogens is 2. The quantitative estimate of drug-likeness (QED) is 0.596. The normalized spacial score (nSPS) is 11.5. The van der Waals surface area contributed by atoms with E-state index in [1.54, 1.807) is 13.0 Å². The molecule has 0 unspecified atom stereocenters. The second kappa shape index (κ2) is 6.84. The first-order valence-corrected chi connectivity index (χ1v) is 7.51. The van der Waals surface area contributed by atoms with Crippen molar-refractivity contribution in [1.82, 2.24) is 10.2 Å². The number of rotatable bonds is 5. The monoisotopic (exact) mass is 386 g/mol. The maximum atomic E-state index is 11.4. The summed E-state index contributed by atoms with van der Waals surface area (Å²) in [6.07, 6.45) is 1.42. The molecule has 116 valence electrons. The second-order valence-corrected chi connectivity index (χ2v) is 5.90. The Morgan fingerprint density at radius 2 is 2.18 bits per heavy atom. The van der Waals surface area contributed by atoms with Crippen LogP contribution in [0.2, 0.25) is 0 Å². The number of hydrogen-bond donors (Lipinski definition) is 2. The largest absolute Gasteiger partial charge is 0.503 e. The first kappa shape index (κ1) is 16.4. The lowest BCUT2D eigenvalue weighted by molar-refractivity contribution is -0.131. The van der Waals surface area contributed by atoms with Gasteiger partial charge < -0.3 is 19.4 Å². The molecule has 2 rings (SSSR count). The SMILES string of the molecule is COc1cc(/C=C(/Sc2nnc(C)o2)C(=O)O)cc(Br)c1O. The van der Waals surface area contributed by atoms with Gasteiger partial charge in [0.1, 0.15) is 4.91 Å². The van der Waals surface area contributed by atoms with E-state index in [2.05, 4.69) is 26.1 Å². The zero-order chi connectivity index (χ0) is 16.3. The summed E-state index contributed by atoms with van der Waals surface area (Å²) >= 11 is 4.02. The van der Waals surface area contributed by atoms with E-state index < -0.39 is 5.97 Å². The molecule has 1 aromatic carbocycles. The fraction of sp³-hybridized carbons (Fsp3) is 0.154. The number of phenols is 1. The van der Waals surface area contributed by atoms with Crippen LogP contribution in [0.3, 0.4) is 0 Å². The number of aliphatic carboxylic acids is 1. The molecule has 0 aliphatic rings. The Labute approximate surface area is 138 Å². The topological polar surface area (TPSA) is 106 Å².